The summed E-state index contributed by atoms with van der Waals surface area (Å²) in [7, 11) is 1.76. The molecule has 0 spiro atoms. The number of aryl methyl sites for hydroxylation is 1. The highest BCUT2D eigenvalue weighted by molar-refractivity contribution is 5.94. The van der Waals surface area contributed by atoms with Crippen molar-refractivity contribution in [3.8, 4) is 0 Å². The van der Waals surface area contributed by atoms with E-state index in [9.17, 15) is 18.4 Å². The number of hydrogen-bond donors (Lipinski definition) is 1. The SMILES string of the molecule is Cn1ccc(C(=O)N(CCC(=O)O)Cc2ccc(F)c(F)c2)c1. The van der Waals surface area contributed by atoms with E-state index in [0.717, 1.165) is 12.1 Å². The lowest BCUT2D eigenvalue weighted by Gasteiger charge is -2.22. The maximum absolute atomic E-state index is 13.3. The molecule has 0 saturated heterocycles. The van der Waals surface area contributed by atoms with Crippen LogP contribution in [0.3, 0.4) is 0 Å². The Hall–Kier alpha value is -2.70. The van der Waals surface area contributed by atoms with E-state index >= 15 is 0 Å². The van der Waals surface area contributed by atoms with Crippen molar-refractivity contribution in [2.75, 3.05) is 6.54 Å². The molecule has 0 bridgehead atoms. The maximum Gasteiger partial charge on any atom is 0.305 e. The number of rotatable bonds is 6. The fourth-order valence-corrected chi connectivity index (χ4v) is 2.15. The molecule has 0 aliphatic rings. The van der Waals surface area contributed by atoms with E-state index in [0.29, 0.717) is 11.1 Å². The van der Waals surface area contributed by atoms with Crippen LogP contribution in [0.2, 0.25) is 0 Å². The number of amides is 1. The van der Waals surface area contributed by atoms with E-state index in [1.807, 2.05) is 0 Å². The molecular formula is C16H16F2N2O3. The Morgan fingerprint density at radius 3 is 2.52 bits per heavy atom. The number of nitrogens with zero attached hydrogens (tertiary/aromatic N) is 2. The van der Waals surface area contributed by atoms with Crippen LogP contribution in [0.15, 0.2) is 36.7 Å². The number of aliphatic carboxylic acids is 1. The zero-order valence-electron chi connectivity index (χ0n) is 12.5. The van der Waals surface area contributed by atoms with Gasteiger partial charge in [0.05, 0.1) is 12.0 Å². The Bertz CT molecular complexity index is 728. The van der Waals surface area contributed by atoms with Crippen LogP contribution < -0.4 is 0 Å². The smallest absolute Gasteiger partial charge is 0.305 e. The third-order valence-electron chi connectivity index (χ3n) is 3.32. The van der Waals surface area contributed by atoms with E-state index in [2.05, 4.69) is 0 Å². The summed E-state index contributed by atoms with van der Waals surface area (Å²) in [6, 6.07) is 4.96. The first kappa shape index (κ1) is 16.7. The molecule has 0 radical (unpaired) electrons. The molecule has 23 heavy (non-hydrogen) atoms. The molecule has 2 aromatic rings. The average Bonchev–Trinajstić information content (AvgIpc) is 2.92. The Morgan fingerprint density at radius 1 is 1.22 bits per heavy atom. The minimum absolute atomic E-state index is 0.00178. The number of carbonyl (C=O) groups excluding carboxylic acids is 1. The van der Waals surface area contributed by atoms with Gasteiger partial charge in [-0.1, -0.05) is 6.07 Å². The van der Waals surface area contributed by atoms with Crippen LogP contribution >= 0.6 is 0 Å². The quantitative estimate of drug-likeness (QED) is 0.888. The molecule has 1 amide bonds. The largest absolute Gasteiger partial charge is 0.481 e. The molecule has 0 aliphatic heterocycles. The topological polar surface area (TPSA) is 62.5 Å². The summed E-state index contributed by atoms with van der Waals surface area (Å²) in [6.07, 6.45) is 3.07. The Morgan fingerprint density at radius 2 is 1.96 bits per heavy atom. The highest BCUT2D eigenvalue weighted by Gasteiger charge is 2.18. The Balaban J connectivity index is 2.20. The Kier molecular flexibility index (Phi) is 5.10. The van der Waals surface area contributed by atoms with Crippen LogP contribution in [0.4, 0.5) is 8.78 Å². The molecule has 0 unspecified atom stereocenters. The lowest BCUT2D eigenvalue weighted by molar-refractivity contribution is -0.137. The summed E-state index contributed by atoms with van der Waals surface area (Å²) >= 11 is 0. The van der Waals surface area contributed by atoms with Crippen LogP contribution in [-0.4, -0.2) is 33.0 Å². The summed E-state index contributed by atoms with van der Waals surface area (Å²) < 4.78 is 28.0. The van der Waals surface area contributed by atoms with Gasteiger partial charge in [-0.3, -0.25) is 9.59 Å². The van der Waals surface area contributed by atoms with Gasteiger partial charge < -0.3 is 14.6 Å². The summed E-state index contributed by atoms with van der Waals surface area (Å²) in [5.74, 6) is -3.38. The number of aromatic nitrogens is 1. The fourth-order valence-electron chi connectivity index (χ4n) is 2.15. The van der Waals surface area contributed by atoms with Gasteiger partial charge >= 0.3 is 5.97 Å². The number of halogens is 2. The molecule has 1 N–H and O–H groups in total. The second-order valence-corrected chi connectivity index (χ2v) is 5.18. The van der Waals surface area contributed by atoms with Crippen LogP contribution in [0.25, 0.3) is 0 Å². The summed E-state index contributed by atoms with van der Waals surface area (Å²) in [5, 5.41) is 8.81. The first-order valence-corrected chi connectivity index (χ1v) is 6.94. The summed E-state index contributed by atoms with van der Waals surface area (Å²) in [4.78, 5) is 24.5. The maximum atomic E-state index is 13.3. The number of carbonyl (C=O) groups is 2. The standard InChI is InChI=1S/C16H16F2N2O3/c1-19-6-4-12(10-19)16(23)20(7-5-15(21)22)9-11-2-3-13(17)14(18)8-11/h2-4,6,8,10H,5,7,9H2,1H3,(H,21,22). The molecule has 0 aliphatic carbocycles. The van der Waals surface area contributed by atoms with E-state index in [4.69, 9.17) is 5.11 Å². The van der Waals surface area contributed by atoms with Gasteiger partial charge in [0.25, 0.3) is 5.91 Å². The lowest BCUT2D eigenvalue weighted by atomic mass is 10.1. The molecular weight excluding hydrogens is 306 g/mol. The number of carboxylic acid groups (broad SMARTS) is 1. The van der Waals surface area contributed by atoms with Crippen LogP contribution in [0.1, 0.15) is 22.3 Å². The van der Waals surface area contributed by atoms with E-state index < -0.39 is 17.6 Å². The van der Waals surface area contributed by atoms with Crippen LogP contribution in [0.5, 0.6) is 0 Å². The van der Waals surface area contributed by atoms with Crippen LogP contribution in [-0.2, 0) is 18.4 Å². The molecule has 122 valence electrons. The van der Waals surface area contributed by atoms with Crippen molar-refractivity contribution in [1.82, 2.24) is 9.47 Å². The second kappa shape index (κ2) is 7.04. The summed E-state index contributed by atoms with van der Waals surface area (Å²) in [6.45, 7) is -0.0275. The second-order valence-electron chi connectivity index (χ2n) is 5.18. The third kappa shape index (κ3) is 4.38. The van der Waals surface area contributed by atoms with Crippen LogP contribution in [0, 0.1) is 11.6 Å². The molecule has 5 nitrogen and oxygen atoms in total. The highest BCUT2D eigenvalue weighted by atomic mass is 19.2. The molecule has 0 atom stereocenters. The Labute approximate surface area is 131 Å². The first-order valence-electron chi connectivity index (χ1n) is 6.94. The third-order valence-corrected chi connectivity index (χ3v) is 3.32. The van der Waals surface area contributed by atoms with Crippen molar-refractivity contribution in [2.24, 2.45) is 7.05 Å². The minimum atomic E-state index is -1.04. The number of hydrogen-bond acceptors (Lipinski definition) is 2. The normalized spacial score (nSPS) is 10.6. The zero-order valence-corrected chi connectivity index (χ0v) is 12.5. The predicted molar refractivity (Wildman–Crippen MR) is 78.8 cm³/mol. The van der Waals surface area contributed by atoms with Gasteiger partial charge in [-0.05, 0) is 23.8 Å². The zero-order chi connectivity index (χ0) is 17.0. The predicted octanol–water partition coefficient (Wildman–Crippen LogP) is 2.42. The first-order chi connectivity index (χ1) is 10.9. The lowest BCUT2D eigenvalue weighted by Crippen LogP contribution is -2.32. The van der Waals surface area contributed by atoms with Crippen molar-refractivity contribution in [2.45, 2.75) is 13.0 Å². The molecule has 2 rings (SSSR count). The van der Waals surface area contributed by atoms with Gasteiger partial charge in [-0.2, -0.15) is 0 Å². The molecule has 1 aromatic heterocycles. The van der Waals surface area contributed by atoms with Crippen molar-refractivity contribution < 1.29 is 23.5 Å². The van der Waals surface area contributed by atoms with Gasteiger partial charge in [-0.15, -0.1) is 0 Å². The average molecular weight is 322 g/mol. The van der Waals surface area contributed by atoms with Crippen molar-refractivity contribution in [1.29, 1.82) is 0 Å². The molecule has 1 heterocycles. The molecule has 7 heteroatoms. The van der Waals surface area contributed by atoms with Crippen molar-refractivity contribution in [3.05, 3.63) is 59.4 Å². The van der Waals surface area contributed by atoms with E-state index in [1.165, 1.54) is 11.0 Å². The van der Waals surface area contributed by atoms with E-state index in [-0.39, 0.29) is 25.4 Å². The highest BCUT2D eigenvalue weighted by Crippen LogP contribution is 2.14. The molecule has 0 fully saturated rings. The van der Waals surface area contributed by atoms with Gasteiger partial charge in [0.1, 0.15) is 0 Å². The molecule has 1 aromatic carbocycles. The summed E-state index contributed by atoms with van der Waals surface area (Å²) in [5.41, 5.74) is 0.791. The number of benzene rings is 1. The van der Waals surface area contributed by atoms with Gasteiger partial charge in [0.15, 0.2) is 11.6 Å². The van der Waals surface area contributed by atoms with Gasteiger partial charge in [0.2, 0.25) is 0 Å². The monoisotopic (exact) mass is 322 g/mol. The minimum Gasteiger partial charge on any atom is -0.481 e. The van der Waals surface area contributed by atoms with Gasteiger partial charge in [0, 0.05) is 32.5 Å². The van der Waals surface area contributed by atoms with E-state index in [1.54, 1.807) is 30.1 Å². The fraction of sp³-hybridized carbons (Fsp3) is 0.250. The number of carboxylic acids is 1. The van der Waals surface area contributed by atoms with Crippen molar-refractivity contribution >= 4 is 11.9 Å². The van der Waals surface area contributed by atoms with Crippen molar-refractivity contribution in [3.63, 3.8) is 0 Å². The van der Waals surface area contributed by atoms with Gasteiger partial charge in [-0.25, -0.2) is 8.78 Å². The molecule has 0 saturated carbocycles.